The first-order valence-corrected chi connectivity index (χ1v) is 9.34. The standard InChI is InChI=1S/C25H26O3/c1-4-27-22-15-13-21(14-16-22)25(2,3)19-26-18-20-9-8-12-24(17-20)28-23-10-6-5-7-11-23/h4-17H,1,18-19H2,2-3H3. The Morgan fingerprint density at radius 1 is 0.821 bits per heavy atom. The average Bonchev–Trinajstić information content (AvgIpc) is 2.70. The Kier molecular flexibility index (Phi) is 6.51. The van der Waals surface area contributed by atoms with E-state index in [1.165, 1.54) is 11.8 Å². The van der Waals surface area contributed by atoms with Crippen LogP contribution in [-0.2, 0) is 16.8 Å². The lowest BCUT2D eigenvalue weighted by Crippen LogP contribution is -2.24. The maximum absolute atomic E-state index is 6.02. The first-order chi connectivity index (χ1) is 13.6. The molecule has 0 N–H and O–H groups in total. The molecule has 0 aliphatic carbocycles. The van der Waals surface area contributed by atoms with Gasteiger partial charge in [0.05, 0.1) is 19.5 Å². The minimum absolute atomic E-state index is 0.106. The first-order valence-electron chi connectivity index (χ1n) is 9.34. The maximum atomic E-state index is 6.02. The van der Waals surface area contributed by atoms with Crippen LogP contribution in [-0.4, -0.2) is 6.61 Å². The van der Waals surface area contributed by atoms with Crippen molar-refractivity contribution in [3.05, 3.63) is 103 Å². The molecule has 0 spiro atoms. The Labute approximate surface area is 167 Å². The quantitative estimate of drug-likeness (QED) is 0.400. The van der Waals surface area contributed by atoms with Gasteiger partial charge in [-0.3, -0.25) is 0 Å². The van der Waals surface area contributed by atoms with Crippen LogP contribution in [0.5, 0.6) is 17.2 Å². The Bertz CT molecular complexity index is 883. The molecule has 0 heterocycles. The first kappa shape index (κ1) is 19.7. The molecule has 0 atom stereocenters. The summed E-state index contributed by atoms with van der Waals surface area (Å²) in [5, 5.41) is 0. The summed E-state index contributed by atoms with van der Waals surface area (Å²) in [4.78, 5) is 0. The van der Waals surface area contributed by atoms with Crippen LogP contribution in [0.3, 0.4) is 0 Å². The van der Waals surface area contributed by atoms with Gasteiger partial charge in [-0.25, -0.2) is 0 Å². The second-order valence-corrected chi connectivity index (χ2v) is 7.25. The third kappa shape index (κ3) is 5.48. The van der Waals surface area contributed by atoms with Crippen LogP contribution in [0.1, 0.15) is 25.0 Å². The van der Waals surface area contributed by atoms with Crippen LogP contribution < -0.4 is 9.47 Å². The van der Waals surface area contributed by atoms with Gasteiger partial charge in [0.1, 0.15) is 17.2 Å². The molecule has 0 radical (unpaired) electrons. The van der Waals surface area contributed by atoms with Gasteiger partial charge in [-0.15, -0.1) is 0 Å². The molecule has 3 rings (SSSR count). The highest BCUT2D eigenvalue weighted by atomic mass is 16.5. The molecule has 3 nitrogen and oxygen atoms in total. The van der Waals surface area contributed by atoms with Crippen LogP contribution in [0, 0.1) is 0 Å². The predicted molar refractivity (Wildman–Crippen MR) is 113 cm³/mol. The van der Waals surface area contributed by atoms with Crippen LogP contribution >= 0.6 is 0 Å². The smallest absolute Gasteiger partial charge is 0.127 e. The molecule has 0 fully saturated rings. The van der Waals surface area contributed by atoms with Crippen molar-refractivity contribution in [1.82, 2.24) is 0 Å². The predicted octanol–water partition coefficient (Wildman–Crippen LogP) is 6.50. The van der Waals surface area contributed by atoms with Crippen molar-refractivity contribution < 1.29 is 14.2 Å². The molecule has 144 valence electrons. The molecule has 0 bridgehead atoms. The molecular formula is C25H26O3. The summed E-state index contributed by atoms with van der Waals surface area (Å²) in [5.41, 5.74) is 2.18. The van der Waals surface area contributed by atoms with Crippen molar-refractivity contribution in [2.24, 2.45) is 0 Å². The number of benzene rings is 3. The highest BCUT2D eigenvalue weighted by Gasteiger charge is 2.21. The second kappa shape index (κ2) is 9.25. The van der Waals surface area contributed by atoms with Gasteiger partial charge in [-0.05, 0) is 47.5 Å². The van der Waals surface area contributed by atoms with E-state index in [0.717, 1.165) is 22.8 Å². The lowest BCUT2D eigenvalue weighted by Gasteiger charge is -2.25. The molecule has 0 amide bonds. The lowest BCUT2D eigenvalue weighted by molar-refractivity contribution is 0.0824. The van der Waals surface area contributed by atoms with E-state index in [1.807, 2.05) is 66.7 Å². The Morgan fingerprint density at radius 3 is 2.25 bits per heavy atom. The summed E-state index contributed by atoms with van der Waals surface area (Å²) < 4.78 is 17.2. The van der Waals surface area contributed by atoms with Gasteiger partial charge in [0, 0.05) is 5.41 Å². The number of hydrogen-bond acceptors (Lipinski definition) is 3. The van der Waals surface area contributed by atoms with E-state index in [-0.39, 0.29) is 5.41 Å². The Balaban J connectivity index is 1.56. The molecule has 0 aliphatic heterocycles. The summed E-state index contributed by atoms with van der Waals surface area (Å²) in [7, 11) is 0. The molecule has 0 saturated heterocycles. The van der Waals surface area contributed by atoms with Crippen LogP contribution in [0.2, 0.25) is 0 Å². The summed E-state index contributed by atoms with van der Waals surface area (Å²) >= 11 is 0. The van der Waals surface area contributed by atoms with Crippen molar-refractivity contribution in [2.45, 2.75) is 25.9 Å². The zero-order valence-corrected chi connectivity index (χ0v) is 16.4. The number of para-hydroxylation sites is 1. The SMILES string of the molecule is C=COc1ccc(C(C)(C)COCc2cccc(Oc3ccccc3)c2)cc1. The number of hydrogen-bond donors (Lipinski definition) is 0. The molecule has 3 aromatic rings. The summed E-state index contributed by atoms with van der Waals surface area (Å²) in [6, 6.07) is 25.8. The zero-order valence-electron chi connectivity index (χ0n) is 16.4. The zero-order chi connectivity index (χ0) is 19.8. The third-order valence-corrected chi connectivity index (χ3v) is 4.46. The fraction of sp³-hybridized carbons (Fsp3) is 0.200. The Morgan fingerprint density at radius 2 is 1.54 bits per heavy atom. The molecule has 0 aromatic heterocycles. The van der Waals surface area contributed by atoms with Crippen LogP contribution in [0.25, 0.3) is 0 Å². The fourth-order valence-corrected chi connectivity index (χ4v) is 2.91. The minimum Gasteiger partial charge on any atom is -0.466 e. The van der Waals surface area contributed by atoms with E-state index < -0.39 is 0 Å². The van der Waals surface area contributed by atoms with Crippen LogP contribution in [0.4, 0.5) is 0 Å². The maximum Gasteiger partial charge on any atom is 0.127 e. The van der Waals surface area contributed by atoms with E-state index in [0.29, 0.717) is 13.2 Å². The number of ether oxygens (including phenoxy) is 3. The minimum atomic E-state index is -0.106. The van der Waals surface area contributed by atoms with E-state index in [1.54, 1.807) is 0 Å². The van der Waals surface area contributed by atoms with Gasteiger partial charge in [0.25, 0.3) is 0 Å². The topological polar surface area (TPSA) is 27.7 Å². The van der Waals surface area contributed by atoms with Gasteiger partial charge in [0.15, 0.2) is 0 Å². The lowest BCUT2D eigenvalue weighted by atomic mass is 9.85. The molecular weight excluding hydrogens is 348 g/mol. The molecule has 0 saturated carbocycles. The summed E-state index contributed by atoms with van der Waals surface area (Å²) in [5.74, 6) is 2.42. The van der Waals surface area contributed by atoms with E-state index in [2.05, 4.69) is 32.6 Å². The van der Waals surface area contributed by atoms with Crippen molar-refractivity contribution in [3.8, 4) is 17.2 Å². The fourth-order valence-electron chi connectivity index (χ4n) is 2.91. The molecule has 28 heavy (non-hydrogen) atoms. The monoisotopic (exact) mass is 374 g/mol. The molecule has 3 aromatic carbocycles. The highest BCUT2D eigenvalue weighted by Crippen LogP contribution is 2.27. The molecule has 0 aliphatic rings. The van der Waals surface area contributed by atoms with Gasteiger partial charge in [-0.1, -0.05) is 62.9 Å². The van der Waals surface area contributed by atoms with E-state index in [9.17, 15) is 0 Å². The van der Waals surface area contributed by atoms with E-state index in [4.69, 9.17) is 14.2 Å². The average molecular weight is 374 g/mol. The van der Waals surface area contributed by atoms with Gasteiger partial charge >= 0.3 is 0 Å². The van der Waals surface area contributed by atoms with E-state index >= 15 is 0 Å². The number of rotatable bonds is 9. The Hall–Kier alpha value is -3.04. The van der Waals surface area contributed by atoms with Gasteiger partial charge in [0.2, 0.25) is 0 Å². The molecule has 3 heteroatoms. The van der Waals surface area contributed by atoms with Crippen molar-refractivity contribution >= 4 is 0 Å². The third-order valence-electron chi connectivity index (χ3n) is 4.46. The van der Waals surface area contributed by atoms with Crippen molar-refractivity contribution in [1.29, 1.82) is 0 Å². The van der Waals surface area contributed by atoms with Crippen molar-refractivity contribution in [3.63, 3.8) is 0 Å². The normalized spacial score (nSPS) is 11.1. The summed E-state index contributed by atoms with van der Waals surface area (Å²) in [6.45, 7) is 9.06. The van der Waals surface area contributed by atoms with Gasteiger partial charge < -0.3 is 14.2 Å². The summed E-state index contributed by atoms with van der Waals surface area (Å²) in [6.07, 6.45) is 1.43. The van der Waals surface area contributed by atoms with Crippen molar-refractivity contribution in [2.75, 3.05) is 6.61 Å². The highest BCUT2D eigenvalue weighted by molar-refractivity contribution is 5.34. The molecule has 0 unspecified atom stereocenters. The van der Waals surface area contributed by atoms with Crippen LogP contribution in [0.15, 0.2) is 91.7 Å². The largest absolute Gasteiger partial charge is 0.466 e. The van der Waals surface area contributed by atoms with Gasteiger partial charge in [-0.2, -0.15) is 0 Å². The second-order valence-electron chi connectivity index (χ2n) is 7.25.